The van der Waals surface area contributed by atoms with E-state index in [-0.39, 0.29) is 11.4 Å². The number of fused-ring (bicyclic) bond motifs is 1. The molecule has 1 aromatic heterocycles. The molecule has 98 valence electrons. The van der Waals surface area contributed by atoms with Crippen molar-refractivity contribution in [3.8, 4) is 0 Å². The zero-order valence-electron chi connectivity index (χ0n) is 10.6. The van der Waals surface area contributed by atoms with Gasteiger partial charge in [0.25, 0.3) is 5.91 Å². The Morgan fingerprint density at radius 2 is 2.11 bits per heavy atom. The number of hydrogen-bond donors (Lipinski definition) is 3. The van der Waals surface area contributed by atoms with Crippen LogP contribution in [-0.4, -0.2) is 28.2 Å². The highest BCUT2D eigenvalue weighted by atomic mass is 16.2. The van der Waals surface area contributed by atoms with Crippen molar-refractivity contribution in [3.63, 3.8) is 0 Å². The second-order valence-electron chi connectivity index (χ2n) is 5.53. The minimum atomic E-state index is -0.193. The second-order valence-corrected chi connectivity index (χ2v) is 5.53. The van der Waals surface area contributed by atoms with Crippen LogP contribution in [0.3, 0.4) is 0 Å². The van der Waals surface area contributed by atoms with Crippen LogP contribution in [0.5, 0.6) is 0 Å². The lowest BCUT2D eigenvalue weighted by molar-refractivity contribution is 0.0897. The van der Waals surface area contributed by atoms with Crippen molar-refractivity contribution >= 4 is 5.91 Å². The molecule has 0 radical (unpaired) electrons. The van der Waals surface area contributed by atoms with Crippen molar-refractivity contribution in [2.45, 2.75) is 50.5 Å². The maximum absolute atomic E-state index is 12.3. The zero-order valence-corrected chi connectivity index (χ0v) is 10.6. The summed E-state index contributed by atoms with van der Waals surface area (Å²) in [5.74, 6) is -0.0539. The van der Waals surface area contributed by atoms with Crippen molar-refractivity contribution in [2.24, 2.45) is 5.73 Å². The highest BCUT2D eigenvalue weighted by Crippen LogP contribution is 2.29. The van der Waals surface area contributed by atoms with E-state index in [1.807, 2.05) is 0 Å². The fourth-order valence-corrected chi connectivity index (χ4v) is 3.24. The molecular weight excluding hydrogens is 228 g/mol. The van der Waals surface area contributed by atoms with Crippen molar-refractivity contribution in [3.05, 3.63) is 17.0 Å². The molecule has 0 atom stereocenters. The number of nitrogens with one attached hydrogen (secondary N) is 2. The van der Waals surface area contributed by atoms with Gasteiger partial charge in [-0.25, -0.2) is 0 Å². The van der Waals surface area contributed by atoms with Crippen LogP contribution in [0.2, 0.25) is 0 Å². The molecule has 1 aromatic rings. The molecular formula is C13H20N4O. The normalized spacial score (nSPS) is 20.9. The van der Waals surface area contributed by atoms with Crippen molar-refractivity contribution in [2.75, 3.05) is 6.54 Å². The minimum absolute atomic E-state index is 0.0539. The van der Waals surface area contributed by atoms with Crippen LogP contribution >= 0.6 is 0 Å². The summed E-state index contributed by atoms with van der Waals surface area (Å²) in [7, 11) is 0. The number of aryl methyl sites for hydroxylation is 1. The van der Waals surface area contributed by atoms with E-state index in [1.165, 1.54) is 0 Å². The molecule has 3 rings (SSSR count). The van der Waals surface area contributed by atoms with Gasteiger partial charge in [-0.1, -0.05) is 12.8 Å². The molecule has 1 fully saturated rings. The number of nitrogens with two attached hydrogens (primary N) is 1. The minimum Gasteiger partial charge on any atom is -0.344 e. The summed E-state index contributed by atoms with van der Waals surface area (Å²) in [6.45, 7) is 0.519. The molecule has 0 unspecified atom stereocenters. The molecule has 0 aliphatic heterocycles. The van der Waals surface area contributed by atoms with E-state index in [2.05, 4.69) is 15.5 Å². The number of nitrogens with zero attached hydrogens (tertiary/aromatic N) is 1. The smallest absolute Gasteiger partial charge is 0.272 e. The molecule has 1 amide bonds. The van der Waals surface area contributed by atoms with Crippen LogP contribution in [0.15, 0.2) is 0 Å². The summed E-state index contributed by atoms with van der Waals surface area (Å²) in [4.78, 5) is 12.3. The third-order valence-electron chi connectivity index (χ3n) is 4.35. The Hall–Kier alpha value is -1.36. The van der Waals surface area contributed by atoms with E-state index in [1.54, 1.807) is 0 Å². The van der Waals surface area contributed by atoms with Crippen LogP contribution in [0.4, 0.5) is 0 Å². The summed E-state index contributed by atoms with van der Waals surface area (Å²) in [6, 6.07) is 0. The van der Waals surface area contributed by atoms with Crippen LogP contribution < -0.4 is 11.1 Å². The average molecular weight is 248 g/mol. The first-order chi connectivity index (χ1) is 8.74. The van der Waals surface area contributed by atoms with Gasteiger partial charge in [0.05, 0.1) is 5.54 Å². The first-order valence-electron chi connectivity index (χ1n) is 6.83. The summed E-state index contributed by atoms with van der Waals surface area (Å²) < 4.78 is 0. The van der Waals surface area contributed by atoms with Gasteiger partial charge in [0, 0.05) is 17.8 Å². The molecule has 4 N–H and O–H groups in total. The number of amides is 1. The number of rotatable bonds is 3. The number of carbonyl (C=O) groups is 1. The number of H-pyrrole nitrogens is 1. The molecule has 2 aliphatic rings. The Balaban J connectivity index is 1.78. The third-order valence-corrected chi connectivity index (χ3v) is 4.35. The monoisotopic (exact) mass is 248 g/mol. The Bertz CT molecular complexity index is 460. The molecule has 5 heteroatoms. The van der Waals surface area contributed by atoms with E-state index in [4.69, 9.17) is 5.73 Å². The molecule has 5 nitrogen and oxygen atoms in total. The average Bonchev–Trinajstić information content (AvgIpc) is 3.04. The molecule has 18 heavy (non-hydrogen) atoms. The van der Waals surface area contributed by atoms with Crippen LogP contribution in [0.25, 0.3) is 0 Å². The Labute approximate surface area is 107 Å². The molecule has 0 saturated heterocycles. The molecule has 0 bridgehead atoms. The zero-order chi connectivity index (χ0) is 12.6. The SMILES string of the molecule is NCC1(NC(=O)c2n[nH]c3c2CCC3)CCCC1. The van der Waals surface area contributed by atoms with Gasteiger partial charge < -0.3 is 11.1 Å². The van der Waals surface area contributed by atoms with Gasteiger partial charge in [0.15, 0.2) is 5.69 Å². The van der Waals surface area contributed by atoms with Crippen LogP contribution in [-0.2, 0) is 12.8 Å². The molecule has 1 saturated carbocycles. The predicted molar refractivity (Wildman–Crippen MR) is 68.3 cm³/mol. The second kappa shape index (κ2) is 4.39. The Morgan fingerprint density at radius 3 is 2.83 bits per heavy atom. The Morgan fingerprint density at radius 1 is 1.33 bits per heavy atom. The van der Waals surface area contributed by atoms with E-state index >= 15 is 0 Å². The van der Waals surface area contributed by atoms with Gasteiger partial charge >= 0.3 is 0 Å². The standard InChI is InChI=1S/C13H20N4O/c14-8-13(6-1-2-7-13)15-12(18)11-9-4-3-5-10(9)16-17-11/h1-8,14H2,(H,15,18)(H,16,17). The van der Waals surface area contributed by atoms with Crippen molar-refractivity contribution in [1.29, 1.82) is 0 Å². The Kier molecular flexibility index (Phi) is 2.86. The van der Waals surface area contributed by atoms with Gasteiger partial charge in [-0.05, 0) is 32.1 Å². The summed E-state index contributed by atoms with van der Waals surface area (Å²) in [6.07, 6.45) is 7.36. The lowest BCUT2D eigenvalue weighted by Gasteiger charge is -2.28. The summed E-state index contributed by atoms with van der Waals surface area (Å²) in [5, 5.41) is 10.3. The molecule has 0 aromatic carbocycles. The first kappa shape index (κ1) is 11.7. The lowest BCUT2D eigenvalue weighted by atomic mass is 9.97. The molecule has 2 aliphatic carbocycles. The number of aromatic amines is 1. The topological polar surface area (TPSA) is 83.8 Å². The van der Waals surface area contributed by atoms with E-state index in [9.17, 15) is 4.79 Å². The molecule has 0 spiro atoms. The van der Waals surface area contributed by atoms with Crippen LogP contribution in [0, 0.1) is 0 Å². The van der Waals surface area contributed by atoms with E-state index < -0.39 is 0 Å². The predicted octanol–water partition coefficient (Wildman–Crippen LogP) is 0.900. The highest BCUT2D eigenvalue weighted by Gasteiger charge is 2.35. The van der Waals surface area contributed by atoms with Crippen LogP contribution in [0.1, 0.15) is 53.8 Å². The lowest BCUT2D eigenvalue weighted by Crippen LogP contribution is -2.51. The fraction of sp³-hybridized carbons (Fsp3) is 0.692. The van der Waals surface area contributed by atoms with Gasteiger partial charge in [-0.3, -0.25) is 9.89 Å². The maximum atomic E-state index is 12.3. The van der Waals surface area contributed by atoms with Gasteiger partial charge in [0.1, 0.15) is 0 Å². The molecule has 1 heterocycles. The van der Waals surface area contributed by atoms with Crippen molar-refractivity contribution in [1.82, 2.24) is 15.5 Å². The number of aromatic nitrogens is 2. The number of hydrogen-bond acceptors (Lipinski definition) is 3. The fourth-order valence-electron chi connectivity index (χ4n) is 3.24. The quantitative estimate of drug-likeness (QED) is 0.743. The highest BCUT2D eigenvalue weighted by molar-refractivity contribution is 5.94. The largest absolute Gasteiger partial charge is 0.344 e. The van der Waals surface area contributed by atoms with E-state index in [0.717, 1.165) is 56.2 Å². The summed E-state index contributed by atoms with van der Waals surface area (Å²) in [5.41, 5.74) is 8.47. The van der Waals surface area contributed by atoms with E-state index in [0.29, 0.717) is 12.2 Å². The van der Waals surface area contributed by atoms with Gasteiger partial charge in [-0.15, -0.1) is 0 Å². The first-order valence-corrected chi connectivity index (χ1v) is 6.83. The third kappa shape index (κ3) is 1.82. The number of carbonyl (C=O) groups excluding carboxylic acids is 1. The summed E-state index contributed by atoms with van der Waals surface area (Å²) >= 11 is 0. The van der Waals surface area contributed by atoms with Gasteiger partial charge in [0.2, 0.25) is 0 Å². The van der Waals surface area contributed by atoms with Gasteiger partial charge in [-0.2, -0.15) is 5.10 Å². The maximum Gasteiger partial charge on any atom is 0.272 e. The van der Waals surface area contributed by atoms with Crippen molar-refractivity contribution < 1.29 is 4.79 Å².